The largest absolute Gasteiger partial charge is 0.444 e. The first-order chi connectivity index (χ1) is 32.2. The summed E-state index contributed by atoms with van der Waals surface area (Å²) in [5, 5.41) is 8.56. The van der Waals surface area contributed by atoms with Gasteiger partial charge in [0, 0.05) is 43.0 Å². The van der Waals surface area contributed by atoms with Gasteiger partial charge in [0.15, 0.2) is 0 Å². The Morgan fingerprint density at radius 3 is 1.84 bits per heavy atom. The van der Waals surface area contributed by atoms with Gasteiger partial charge in [0.05, 0.1) is 24.0 Å². The van der Waals surface area contributed by atoms with E-state index in [2.05, 4.69) is 35.9 Å². The molecule has 2 saturated heterocycles. The van der Waals surface area contributed by atoms with Crippen molar-refractivity contribution < 1.29 is 37.4 Å². The molecular weight excluding hydrogens is 873 g/mol. The van der Waals surface area contributed by atoms with E-state index in [1.54, 1.807) is 106 Å². The van der Waals surface area contributed by atoms with Crippen molar-refractivity contribution >= 4 is 29.7 Å². The minimum Gasteiger partial charge on any atom is -0.444 e. The molecule has 2 fully saturated rings. The molecule has 0 spiro atoms. The maximum absolute atomic E-state index is 16.0. The molecule has 2 aromatic heterocycles. The lowest BCUT2D eigenvalue weighted by Gasteiger charge is -2.33. The Hall–Kier alpha value is -6.78. The molecule has 0 aliphatic carbocycles. The lowest BCUT2D eigenvalue weighted by molar-refractivity contribution is -0.134. The van der Waals surface area contributed by atoms with Crippen LogP contribution < -0.4 is 20.9 Å². The van der Waals surface area contributed by atoms with Crippen LogP contribution in [0.3, 0.4) is 0 Å². The normalized spacial score (nSPS) is 17.1. The molecule has 5 N–H and O–H groups in total. The predicted octanol–water partition coefficient (Wildman–Crippen LogP) is 9.47. The number of hydrogen-bond donors (Lipinski definition) is 5. The molecule has 0 bridgehead atoms. The predicted molar refractivity (Wildman–Crippen MR) is 253 cm³/mol. The Morgan fingerprint density at radius 2 is 1.28 bits per heavy atom. The van der Waals surface area contributed by atoms with E-state index >= 15 is 8.78 Å². The third-order valence-electron chi connectivity index (χ3n) is 12.0. The standard InChI is InChI=1S/C51H63F2N9O6/c1-30(2)40(58-46(63)41(32-16-11-9-12-17-32)59-48(65)67-50(3,4)5)45-55-28-37(57-45)31-21-24-61(25-22-31)43-35(52)26-34(27-36(43)53)38-29-54-44(56-38)39-20-15-23-62(39)47(64)42(33-18-13-10-14-19-33)60-49(66)68-51(6,7)8/h9-14,16-19,26-31,39-42H,15,20-25H2,1-8H3,(H,54,56)(H,55,57)(H,58,63)(H,59,65)(H,60,66). The second-order valence-electron chi connectivity index (χ2n) is 19.9. The number of halogens is 2. The van der Waals surface area contributed by atoms with Gasteiger partial charge >= 0.3 is 12.2 Å². The Bertz CT molecular complexity index is 2520. The number of H-pyrrole nitrogens is 2. The molecule has 2 aliphatic heterocycles. The number of carbonyl (C=O) groups is 4. The number of imidazole rings is 2. The molecule has 5 aromatic rings. The highest BCUT2D eigenvalue weighted by molar-refractivity contribution is 5.88. The molecule has 15 nitrogen and oxygen atoms in total. The van der Waals surface area contributed by atoms with Gasteiger partial charge in [0.2, 0.25) is 5.91 Å². The van der Waals surface area contributed by atoms with Crippen molar-refractivity contribution in [2.45, 2.75) is 122 Å². The van der Waals surface area contributed by atoms with Gasteiger partial charge in [0.1, 0.15) is 52.3 Å². The lowest BCUT2D eigenvalue weighted by atomic mass is 9.93. The number of likely N-dealkylation sites (tertiary alicyclic amines) is 1. The Labute approximate surface area is 396 Å². The van der Waals surface area contributed by atoms with Crippen LogP contribution in [-0.4, -0.2) is 79.7 Å². The van der Waals surface area contributed by atoms with Gasteiger partial charge in [-0.25, -0.2) is 28.3 Å². The number of nitrogens with one attached hydrogen (secondary N) is 5. The topological polar surface area (TPSA) is 187 Å². The van der Waals surface area contributed by atoms with Gasteiger partial charge < -0.3 is 45.2 Å². The molecule has 0 saturated carbocycles. The summed E-state index contributed by atoms with van der Waals surface area (Å²) in [7, 11) is 0. The van der Waals surface area contributed by atoms with Crippen LogP contribution in [0.1, 0.15) is 140 Å². The number of alkyl carbamates (subject to hydrolysis) is 2. The van der Waals surface area contributed by atoms with E-state index in [0.29, 0.717) is 73.8 Å². The molecule has 3 aromatic carbocycles. The maximum atomic E-state index is 16.0. The van der Waals surface area contributed by atoms with Gasteiger partial charge in [-0.05, 0) is 96.4 Å². The molecule has 0 radical (unpaired) electrons. The summed E-state index contributed by atoms with van der Waals surface area (Å²) >= 11 is 0. The number of aromatic nitrogens is 4. The quantitative estimate of drug-likeness (QED) is 0.0767. The average Bonchev–Trinajstić information content (AvgIpc) is 4.08. The van der Waals surface area contributed by atoms with Gasteiger partial charge in [-0.1, -0.05) is 74.5 Å². The third kappa shape index (κ3) is 12.0. The molecule has 4 atom stereocenters. The average molecular weight is 936 g/mol. The second kappa shape index (κ2) is 20.6. The van der Waals surface area contributed by atoms with E-state index in [-0.39, 0.29) is 29.0 Å². The van der Waals surface area contributed by atoms with Crippen LogP contribution >= 0.6 is 0 Å². The first-order valence-corrected chi connectivity index (χ1v) is 23.3. The second-order valence-corrected chi connectivity index (χ2v) is 19.9. The zero-order valence-electron chi connectivity index (χ0n) is 40.0. The van der Waals surface area contributed by atoms with Crippen LogP contribution in [0.2, 0.25) is 0 Å². The van der Waals surface area contributed by atoms with Crippen molar-refractivity contribution in [3.63, 3.8) is 0 Å². The molecule has 4 amide bonds. The van der Waals surface area contributed by atoms with Crippen molar-refractivity contribution in [1.29, 1.82) is 0 Å². The number of aromatic amines is 2. The highest BCUT2D eigenvalue weighted by Crippen LogP contribution is 2.37. The SMILES string of the molecule is CC(C)C(NC(=O)C(NC(=O)OC(C)(C)C)c1ccccc1)c1ncc(C2CCN(c3c(F)cc(-c4cnc(C5CCCN5C(=O)C(NC(=O)OC(C)(C)C)c5ccccc5)[nH]4)cc3F)CC2)[nH]1. The van der Waals surface area contributed by atoms with Crippen molar-refractivity contribution in [3.8, 4) is 11.3 Å². The van der Waals surface area contributed by atoms with E-state index in [9.17, 15) is 19.2 Å². The van der Waals surface area contributed by atoms with E-state index in [0.717, 1.165) is 5.69 Å². The molecule has 4 unspecified atom stereocenters. The summed E-state index contributed by atoms with van der Waals surface area (Å²) in [6, 6.07) is 17.5. The first kappa shape index (κ1) is 49.1. The fourth-order valence-corrected chi connectivity index (χ4v) is 8.80. The summed E-state index contributed by atoms with van der Waals surface area (Å²) in [6.45, 7) is 15.6. The van der Waals surface area contributed by atoms with Gasteiger partial charge in [-0.15, -0.1) is 0 Å². The zero-order chi connectivity index (χ0) is 48.9. The minimum absolute atomic E-state index is 0.0221. The number of rotatable bonds is 13. The van der Waals surface area contributed by atoms with Crippen LogP contribution in [0.25, 0.3) is 11.3 Å². The number of nitrogens with zero attached hydrogens (tertiary/aromatic N) is 4. The number of piperidine rings is 1. The minimum atomic E-state index is -1.02. The Kier molecular flexibility index (Phi) is 14.9. The van der Waals surface area contributed by atoms with E-state index in [1.807, 2.05) is 26.0 Å². The molecular formula is C51H63F2N9O6. The third-order valence-corrected chi connectivity index (χ3v) is 12.0. The van der Waals surface area contributed by atoms with Gasteiger partial charge in [-0.2, -0.15) is 0 Å². The Balaban J connectivity index is 0.995. The summed E-state index contributed by atoms with van der Waals surface area (Å²) < 4.78 is 43.0. The highest BCUT2D eigenvalue weighted by atomic mass is 19.1. The van der Waals surface area contributed by atoms with Crippen LogP contribution in [0.15, 0.2) is 85.2 Å². The molecule has 362 valence electrons. The Morgan fingerprint density at radius 1 is 0.721 bits per heavy atom. The molecule has 4 heterocycles. The number of benzene rings is 3. The monoisotopic (exact) mass is 935 g/mol. The molecule has 17 heteroatoms. The number of ether oxygens (including phenoxy) is 2. The smallest absolute Gasteiger partial charge is 0.408 e. The van der Waals surface area contributed by atoms with Crippen molar-refractivity contribution in [1.82, 2.24) is 40.8 Å². The summed E-state index contributed by atoms with van der Waals surface area (Å²) in [6.07, 6.45) is 4.31. The lowest BCUT2D eigenvalue weighted by Crippen LogP contribution is -2.44. The highest BCUT2D eigenvalue weighted by Gasteiger charge is 2.38. The maximum Gasteiger partial charge on any atom is 0.408 e. The first-order valence-electron chi connectivity index (χ1n) is 23.3. The molecule has 2 aliphatic rings. The molecule has 7 rings (SSSR count). The van der Waals surface area contributed by atoms with Crippen molar-refractivity contribution in [3.05, 3.63) is 125 Å². The van der Waals surface area contributed by atoms with Crippen LogP contribution in [0.5, 0.6) is 0 Å². The summed E-state index contributed by atoms with van der Waals surface area (Å²) in [5.41, 5.74) is 1.09. The number of hydrogen-bond acceptors (Lipinski definition) is 9. The number of carbonyl (C=O) groups excluding carboxylic acids is 4. The fraction of sp³-hybridized carbons (Fsp3) is 0.451. The van der Waals surface area contributed by atoms with Crippen LogP contribution in [-0.2, 0) is 19.1 Å². The summed E-state index contributed by atoms with van der Waals surface area (Å²) in [4.78, 5) is 73.0. The van der Waals surface area contributed by atoms with Gasteiger partial charge in [0.25, 0.3) is 5.91 Å². The van der Waals surface area contributed by atoms with Gasteiger partial charge in [-0.3, -0.25) is 9.59 Å². The summed E-state index contributed by atoms with van der Waals surface area (Å²) in [5.74, 6) is -1.19. The van der Waals surface area contributed by atoms with Crippen molar-refractivity contribution in [2.24, 2.45) is 5.92 Å². The zero-order valence-corrected chi connectivity index (χ0v) is 40.0. The van der Waals surface area contributed by atoms with E-state index < -0.39 is 65.1 Å². The van der Waals surface area contributed by atoms with Crippen molar-refractivity contribution in [2.75, 3.05) is 24.5 Å². The van der Waals surface area contributed by atoms with Crippen LogP contribution in [0, 0.1) is 17.6 Å². The molecule has 68 heavy (non-hydrogen) atoms. The van der Waals surface area contributed by atoms with E-state index in [1.165, 1.54) is 18.3 Å². The number of amides is 4. The number of anilines is 1. The fourth-order valence-electron chi connectivity index (χ4n) is 8.80. The van der Waals surface area contributed by atoms with Crippen LogP contribution in [0.4, 0.5) is 24.1 Å². The van der Waals surface area contributed by atoms with E-state index in [4.69, 9.17) is 9.47 Å².